The topological polar surface area (TPSA) is 375 Å². The summed E-state index contributed by atoms with van der Waals surface area (Å²) in [5, 5.41) is 15.3. The van der Waals surface area contributed by atoms with Crippen LogP contribution < -0.4 is 56.5 Å². The van der Waals surface area contributed by atoms with Crippen LogP contribution >= 0.6 is 0 Å². The number of hydrogen-bond acceptors (Lipinski definition) is 2. The number of hydrogen-bond donors (Lipinski definition) is 1. The minimum Gasteiger partial charge on any atom is -0.565 e. The monoisotopic (exact) mass is 280 g/mol. The van der Waals surface area contributed by atoms with Gasteiger partial charge in [0.25, 0.3) is 0 Å². The Morgan fingerprint density at radius 2 is 0.667 bits per heavy atom. The van der Waals surface area contributed by atoms with Crippen LogP contribution in [0, 0.1) is 0 Å². The molecule has 0 radical (unpaired) electrons. The molecule has 0 aliphatic carbocycles. The molecule has 0 aromatic heterocycles. The van der Waals surface area contributed by atoms with Gasteiger partial charge in [0.1, 0.15) is 0 Å². The third-order valence-electron chi connectivity index (χ3n) is 0. The Hall–Kier alpha value is 0.506. The maximum atomic E-state index is 8.44. The van der Waals surface area contributed by atoms with E-state index in [0.717, 1.165) is 0 Å². The van der Waals surface area contributed by atoms with Gasteiger partial charge in [0.15, 0.2) is 0 Å². The fraction of sp³-hybridized carbons (Fsp3) is 0. The minimum absolute atomic E-state index is 0. The van der Waals surface area contributed by atoms with E-state index in [1.807, 2.05) is 0 Å². The molecular weight excluding hydrogens is 259 g/mol. The molecule has 0 fully saturated rings. The van der Waals surface area contributed by atoms with Gasteiger partial charge in [-0.15, -0.1) is 0 Å². The van der Waals surface area contributed by atoms with Crippen LogP contribution in [0.2, 0.25) is 0 Å². The molecule has 0 unspecified atom stereocenters. The number of carboxylic acid groups (broad SMARTS) is 2. The smallest absolute Gasteiger partial charge is 0.565 e. The molecule has 0 bridgehead atoms. The summed E-state index contributed by atoms with van der Waals surface area (Å²) in [5.74, 6) is 0. The van der Waals surface area contributed by atoms with Gasteiger partial charge in [-0.2, -0.15) is 0 Å². The molecule has 14 heteroatoms. The molecule has 0 saturated heterocycles. The van der Waals surface area contributed by atoms with Gasteiger partial charge in [-0.1, -0.05) is 0 Å². The van der Waals surface area contributed by atoms with Crippen molar-refractivity contribution >= 4 is 6.16 Å². The van der Waals surface area contributed by atoms with Crippen molar-refractivity contribution in [2.75, 3.05) is 0 Å². The first-order valence-corrected chi connectivity index (χ1v) is 0.632. The van der Waals surface area contributed by atoms with Crippen molar-refractivity contribution < 1.29 is 121 Å². The largest absolute Gasteiger partial charge is 1.00 e. The SMILES string of the molecule is O.O.O.O.O.O.O.O.O.O.O=C([O-])O.[K+]. The van der Waals surface area contributed by atoms with Crippen molar-refractivity contribution in [2.45, 2.75) is 0 Å². The molecule has 0 atom stereocenters. The van der Waals surface area contributed by atoms with Crippen LogP contribution in [0.25, 0.3) is 0 Å². The van der Waals surface area contributed by atoms with Gasteiger partial charge in [-0.3, -0.25) is 0 Å². The van der Waals surface area contributed by atoms with Crippen LogP contribution in [-0.2, 0) is 0 Å². The van der Waals surface area contributed by atoms with Crippen molar-refractivity contribution in [1.29, 1.82) is 0 Å². The average molecular weight is 280 g/mol. The Bertz CT molecular complexity index is 33.5. The third-order valence-corrected chi connectivity index (χ3v) is 0. The molecule has 0 aliphatic heterocycles. The second-order valence-electron chi connectivity index (χ2n) is 0.266. The molecule has 0 spiro atoms. The van der Waals surface area contributed by atoms with Crippen LogP contribution in [0.4, 0.5) is 4.79 Å². The fourth-order valence-corrected chi connectivity index (χ4v) is 0. The molecule has 0 aromatic carbocycles. The van der Waals surface area contributed by atoms with Gasteiger partial charge in [0.05, 0.1) is 0 Å². The van der Waals surface area contributed by atoms with Crippen molar-refractivity contribution in [1.82, 2.24) is 0 Å². The van der Waals surface area contributed by atoms with E-state index in [0.29, 0.717) is 0 Å². The summed E-state index contributed by atoms with van der Waals surface area (Å²) >= 11 is 0. The van der Waals surface area contributed by atoms with Gasteiger partial charge >= 0.3 is 51.4 Å². The van der Waals surface area contributed by atoms with E-state index >= 15 is 0 Å². The molecule has 104 valence electrons. The average Bonchev–Trinajstić information content (AvgIpc) is 0.811. The molecule has 0 aliphatic rings. The summed E-state index contributed by atoms with van der Waals surface area (Å²) in [5.41, 5.74) is 0. The van der Waals surface area contributed by atoms with E-state index in [1.54, 1.807) is 0 Å². The van der Waals surface area contributed by atoms with Crippen molar-refractivity contribution in [3.63, 3.8) is 0 Å². The Morgan fingerprint density at radius 1 is 0.667 bits per heavy atom. The van der Waals surface area contributed by atoms with Gasteiger partial charge < -0.3 is 69.8 Å². The second-order valence-corrected chi connectivity index (χ2v) is 0.266. The molecule has 0 saturated carbocycles. The van der Waals surface area contributed by atoms with Crippen LogP contribution in [0.3, 0.4) is 0 Å². The molecule has 0 aromatic rings. The van der Waals surface area contributed by atoms with Crippen molar-refractivity contribution in [3.8, 4) is 0 Å². The van der Waals surface area contributed by atoms with E-state index in [2.05, 4.69) is 0 Å². The predicted octanol–water partition coefficient (Wildman–Crippen LogP) is -12.4. The van der Waals surface area contributed by atoms with E-state index < -0.39 is 6.16 Å². The fourth-order valence-electron chi connectivity index (χ4n) is 0. The maximum absolute atomic E-state index is 8.44. The van der Waals surface area contributed by atoms with E-state index in [1.165, 1.54) is 0 Å². The van der Waals surface area contributed by atoms with Crippen LogP contribution in [-0.4, -0.2) is 66.0 Å². The van der Waals surface area contributed by atoms with E-state index in [-0.39, 0.29) is 106 Å². The third kappa shape index (κ3) is 8850. The molecule has 0 heterocycles. The zero-order valence-electron chi connectivity index (χ0n) is 7.76. The predicted molar refractivity (Wildman–Crippen MR) is 44.2 cm³/mol. The molecule has 21 N–H and O–H groups in total. The molecule has 0 rings (SSSR count). The van der Waals surface area contributed by atoms with Crippen LogP contribution in [0.5, 0.6) is 0 Å². The zero-order valence-corrected chi connectivity index (χ0v) is 10.9. The summed E-state index contributed by atoms with van der Waals surface area (Å²) < 4.78 is 0. The summed E-state index contributed by atoms with van der Waals surface area (Å²) in [6, 6.07) is 0. The summed E-state index contributed by atoms with van der Waals surface area (Å²) in [4.78, 5) is 8.44. The summed E-state index contributed by atoms with van der Waals surface area (Å²) in [6.07, 6.45) is -2.08. The second kappa shape index (κ2) is 215. The van der Waals surface area contributed by atoms with Crippen LogP contribution in [0.1, 0.15) is 0 Å². The molecule has 13 nitrogen and oxygen atoms in total. The normalized spacial score (nSPS) is 1.60. The van der Waals surface area contributed by atoms with Gasteiger partial charge in [0, 0.05) is 0 Å². The number of carbonyl (C=O) groups is 1. The quantitative estimate of drug-likeness (QED) is 0.422. The van der Waals surface area contributed by atoms with Gasteiger partial charge in [0.2, 0.25) is 6.16 Å². The summed E-state index contributed by atoms with van der Waals surface area (Å²) in [6.45, 7) is 0. The minimum atomic E-state index is -2.08. The Kier molecular flexibility index (Phi) is 3810. The first-order valence-electron chi connectivity index (χ1n) is 0.632. The van der Waals surface area contributed by atoms with Crippen molar-refractivity contribution in [2.24, 2.45) is 0 Å². The van der Waals surface area contributed by atoms with Gasteiger partial charge in [-0.05, 0) is 0 Å². The summed E-state index contributed by atoms with van der Waals surface area (Å²) in [7, 11) is 0. The molecule has 15 heavy (non-hydrogen) atoms. The van der Waals surface area contributed by atoms with E-state index in [4.69, 9.17) is 15.0 Å². The standard InChI is InChI=1S/CH2O3.K.10H2O/c2-1(3)4;;;;;;;;;;;/h(H2,2,3,4);;10*1H2/q;+1;;;;;;;;;;/p-1. The molecular formula is CH21KO13. The first-order chi connectivity index (χ1) is 1.73. The number of rotatable bonds is 0. The zero-order chi connectivity index (χ0) is 3.58. The Labute approximate surface area is 126 Å². The van der Waals surface area contributed by atoms with E-state index in [9.17, 15) is 0 Å². The Balaban J connectivity index is -0.000000000818. The first kappa shape index (κ1) is 265. The van der Waals surface area contributed by atoms with Gasteiger partial charge in [-0.25, -0.2) is 0 Å². The van der Waals surface area contributed by atoms with Crippen LogP contribution in [0.15, 0.2) is 0 Å². The Morgan fingerprint density at radius 3 is 0.667 bits per heavy atom. The molecule has 0 amide bonds. The maximum Gasteiger partial charge on any atom is 1.00 e. The van der Waals surface area contributed by atoms with Crippen molar-refractivity contribution in [3.05, 3.63) is 0 Å².